The fraction of sp³-hybridized carbons (Fsp3) is 0.368. The summed E-state index contributed by atoms with van der Waals surface area (Å²) in [7, 11) is 4.13. The topological polar surface area (TPSA) is 68.0 Å². The Morgan fingerprint density at radius 3 is 2.64 bits per heavy atom. The highest BCUT2D eigenvalue weighted by atomic mass is 16.1. The lowest BCUT2D eigenvalue weighted by atomic mass is 10.2. The summed E-state index contributed by atoms with van der Waals surface area (Å²) in [6.07, 6.45) is 1.73. The standard InChI is InChI=1S/C19H25N5O/c1-14-18(21-13-20-14)12-24(9-8-23(2)3)11-15-10-19(25)16-6-4-5-7-17(16)22-15/h4-7,10,13H,8-9,11-12H2,1-3H3,(H,20,21)(H,22,25). The smallest absolute Gasteiger partial charge is 0.189 e. The maximum atomic E-state index is 12.4. The Hall–Kier alpha value is -2.44. The van der Waals surface area contributed by atoms with Crippen LogP contribution in [0.4, 0.5) is 0 Å². The van der Waals surface area contributed by atoms with Crippen LogP contribution in [0.2, 0.25) is 0 Å². The van der Waals surface area contributed by atoms with Crippen LogP contribution in [0.5, 0.6) is 0 Å². The highest BCUT2D eigenvalue weighted by molar-refractivity contribution is 5.78. The Kier molecular flexibility index (Phi) is 5.31. The predicted molar refractivity (Wildman–Crippen MR) is 101 cm³/mol. The number of hydrogen-bond donors (Lipinski definition) is 2. The van der Waals surface area contributed by atoms with Crippen LogP contribution in [0.25, 0.3) is 10.9 Å². The molecule has 0 amide bonds. The van der Waals surface area contributed by atoms with Crippen molar-refractivity contribution in [1.82, 2.24) is 24.8 Å². The number of aromatic amines is 2. The van der Waals surface area contributed by atoms with Crippen molar-refractivity contribution in [3.05, 3.63) is 64.0 Å². The summed E-state index contributed by atoms with van der Waals surface area (Å²) in [5, 5.41) is 0.731. The number of hydrogen-bond acceptors (Lipinski definition) is 4. The van der Waals surface area contributed by atoms with Gasteiger partial charge in [-0.05, 0) is 33.2 Å². The van der Waals surface area contributed by atoms with E-state index in [-0.39, 0.29) is 5.43 Å². The fourth-order valence-corrected chi connectivity index (χ4v) is 2.89. The molecule has 2 heterocycles. The van der Waals surface area contributed by atoms with Crippen molar-refractivity contribution in [3.63, 3.8) is 0 Å². The van der Waals surface area contributed by atoms with Crippen LogP contribution in [0.3, 0.4) is 0 Å². The van der Waals surface area contributed by atoms with Crippen LogP contribution in [0.1, 0.15) is 17.1 Å². The van der Waals surface area contributed by atoms with Crippen LogP contribution >= 0.6 is 0 Å². The fourth-order valence-electron chi connectivity index (χ4n) is 2.89. The molecule has 0 saturated carbocycles. The van der Waals surface area contributed by atoms with E-state index in [4.69, 9.17) is 0 Å². The molecule has 0 aliphatic heterocycles. The molecular weight excluding hydrogens is 314 g/mol. The van der Waals surface area contributed by atoms with Crippen molar-refractivity contribution in [1.29, 1.82) is 0 Å². The summed E-state index contributed by atoms with van der Waals surface area (Å²) in [4.78, 5) is 27.8. The maximum absolute atomic E-state index is 12.4. The molecular formula is C19H25N5O. The van der Waals surface area contributed by atoms with Gasteiger partial charge in [-0.25, -0.2) is 4.98 Å². The summed E-state index contributed by atoms with van der Waals surface area (Å²) in [6.45, 7) is 5.30. The molecule has 0 spiro atoms. The number of nitrogens with zero attached hydrogens (tertiary/aromatic N) is 3. The number of fused-ring (bicyclic) bond motifs is 1. The van der Waals surface area contributed by atoms with Gasteiger partial charge in [0.05, 0.1) is 12.0 Å². The van der Waals surface area contributed by atoms with E-state index in [2.05, 4.69) is 38.8 Å². The highest BCUT2D eigenvalue weighted by Gasteiger charge is 2.12. The van der Waals surface area contributed by atoms with Gasteiger partial charge in [0.25, 0.3) is 0 Å². The first-order valence-corrected chi connectivity index (χ1v) is 8.50. The minimum absolute atomic E-state index is 0.0628. The van der Waals surface area contributed by atoms with Crippen molar-refractivity contribution in [3.8, 4) is 0 Å². The van der Waals surface area contributed by atoms with E-state index in [1.54, 1.807) is 12.4 Å². The van der Waals surface area contributed by atoms with E-state index in [1.807, 2.05) is 31.2 Å². The molecule has 0 unspecified atom stereocenters. The first-order chi connectivity index (χ1) is 12.0. The van der Waals surface area contributed by atoms with Gasteiger partial charge >= 0.3 is 0 Å². The lowest BCUT2D eigenvalue weighted by Crippen LogP contribution is -2.32. The van der Waals surface area contributed by atoms with Crippen LogP contribution < -0.4 is 5.43 Å². The van der Waals surface area contributed by atoms with Crippen LogP contribution in [-0.2, 0) is 13.1 Å². The largest absolute Gasteiger partial charge is 0.357 e. The number of rotatable bonds is 7. The van der Waals surface area contributed by atoms with Crippen LogP contribution in [-0.4, -0.2) is 51.9 Å². The first kappa shape index (κ1) is 17.4. The molecule has 3 aromatic rings. The van der Waals surface area contributed by atoms with E-state index in [0.29, 0.717) is 6.54 Å². The summed E-state index contributed by atoms with van der Waals surface area (Å²) >= 11 is 0. The minimum Gasteiger partial charge on any atom is -0.357 e. The molecule has 0 aliphatic rings. The summed E-state index contributed by atoms with van der Waals surface area (Å²) in [6, 6.07) is 9.35. The molecule has 6 heteroatoms. The molecule has 3 rings (SSSR count). The van der Waals surface area contributed by atoms with Crippen molar-refractivity contribution in [2.24, 2.45) is 0 Å². The zero-order valence-electron chi connectivity index (χ0n) is 15.0. The molecule has 6 nitrogen and oxygen atoms in total. The number of aryl methyl sites for hydroxylation is 1. The molecule has 0 radical (unpaired) electrons. The van der Waals surface area contributed by atoms with E-state index in [9.17, 15) is 4.79 Å². The second-order valence-corrected chi connectivity index (χ2v) is 6.69. The van der Waals surface area contributed by atoms with Gasteiger partial charge < -0.3 is 14.9 Å². The predicted octanol–water partition coefficient (Wildman–Crippen LogP) is 2.12. The molecule has 1 aromatic carbocycles. The van der Waals surface area contributed by atoms with E-state index in [1.165, 1.54) is 0 Å². The van der Waals surface area contributed by atoms with Gasteiger partial charge in [-0.2, -0.15) is 0 Å². The summed E-state index contributed by atoms with van der Waals surface area (Å²) in [5.74, 6) is 0. The number of likely N-dealkylation sites (N-methyl/N-ethyl adjacent to an activating group) is 1. The Balaban J connectivity index is 1.83. The average Bonchev–Trinajstić information content (AvgIpc) is 2.97. The lowest BCUT2D eigenvalue weighted by Gasteiger charge is -2.23. The minimum atomic E-state index is 0.0628. The second-order valence-electron chi connectivity index (χ2n) is 6.69. The van der Waals surface area contributed by atoms with Crippen molar-refractivity contribution in [2.45, 2.75) is 20.0 Å². The Labute approximate surface area is 147 Å². The summed E-state index contributed by atoms with van der Waals surface area (Å²) < 4.78 is 0. The number of pyridine rings is 1. The van der Waals surface area contributed by atoms with E-state index in [0.717, 1.165) is 47.6 Å². The number of H-pyrrole nitrogens is 2. The van der Waals surface area contributed by atoms with Crippen LogP contribution in [0, 0.1) is 6.92 Å². The SMILES string of the molecule is Cc1[nH]cnc1CN(CCN(C)C)Cc1cc(=O)c2ccccc2[nH]1. The number of nitrogens with one attached hydrogen (secondary N) is 2. The van der Waals surface area contributed by atoms with Crippen molar-refractivity contribution >= 4 is 10.9 Å². The van der Waals surface area contributed by atoms with Gasteiger partial charge in [0.15, 0.2) is 5.43 Å². The average molecular weight is 339 g/mol. The second kappa shape index (κ2) is 7.63. The van der Waals surface area contributed by atoms with Gasteiger partial charge in [0.1, 0.15) is 0 Å². The van der Waals surface area contributed by atoms with Gasteiger partial charge in [0.2, 0.25) is 0 Å². The van der Waals surface area contributed by atoms with Gasteiger partial charge in [-0.3, -0.25) is 9.69 Å². The third-order valence-electron chi connectivity index (χ3n) is 4.36. The molecule has 25 heavy (non-hydrogen) atoms. The Morgan fingerprint density at radius 1 is 1.12 bits per heavy atom. The molecule has 132 valence electrons. The molecule has 2 aromatic heterocycles. The molecule has 0 atom stereocenters. The van der Waals surface area contributed by atoms with Crippen molar-refractivity contribution < 1.29 is 0 Å². The van der Waals surface area contributed by atoms with Crippen LogP contribution in [0.15, 0.2) is 41.5 Å². The molecule has 2 N–H and O–H groups in total. The normalized spacial score (nSPS) is 11.7. The maximum Gasteiger partial charge on any atom is 0.189 e. The monoisotopic (exact) mass is 339 g/mol. The lowest BCUT2D eigenvalue weighted by molar-refractivity contribution is 0.222. The highest BCUT2D eigenvalue weighted by Crippen LogP contribution is 2.12. The first-order valence-electron chi connectivity index (χ1n) is 8.50. The number of para-hydroxylation sites is 1. The number of imidazole rings is 1. The Morgan fingerprint density at radius 2 is 1.92 bits per heavy atom. The molecule has 0 bridgehead atoms. The zero-order valence-corrected chi connectivity index (χ0v) is 15.0. The third-order valence-corrected chi connectivity index (χ3v) is 4.36. The van der Waals surface area contributed by atoms with E-state index < -0.39 is 0 Å². The molecule has 0 fully saturated rings. The van der Waals surface area contributed by atoms with Gasteiger partial charge in [-0.1, -0.05) is 12.1 Å². The van der Waals surface area contributed by atoms with Crippen molar-refractivity contribution in [2.75, 3.05) is 27.2 Å². The third kappa shape index (κ3) is 4.35. The summed E-state index contributed by atoms with van der Waals surface area (Å²) in [5.41, 5.74) is 4.00. The number of benzene rings is 1. The quantitative estimate of drug-likeness (QED) is 0.692. The van der Waals surface area contributed by atoms with E-state index >= 15 is 0 Å². The van der Waals surface area contributed by atoms with Gasteiger partial charge in [-0.15, -0.1) is 0 Å². The Bertz CT molecular complexity index is 896. The molecule has 0 aliphatic carbocycles. The molecule has 0 saturated heterocycles. The number of aromatic nitrogens is 3. The van der Waals surface area contributed by atoms with Gasteiger partial charge in [0, 0.05) is 54.5 Å². The zero-order chi connectivity index (χ0) is 17.8.